The van der Waals surface area contributed by atoms with Crippen LogP contribution in [0.5, 0.6) is 5.75 Å². The van der Waals surface area contributed by atoms with Crippen molar-refractivity contribution in [1.29, 1.82) is 0 Å². The van der Waals surface area contributed by atoms with E-state index >= 15 is 0 Å². The van der Waals surface area contributed by atoms with Crippen molar-refractivity contribution < 1.29 is 14.3 Å². The van der Waals surface area contributed by atoms with Crippen LogP contribution in [0, 0.1) is 6.92 Å². The summed E-state index contributed by atoms with van der Waals surface area (Å²) in [6, 6.07) is 15.4. The summed E-state index contributed by atoms with van der Waals surface area (Å²) in [5.41, 5.74) is 3.34. The largest absolute Gasteiger partial charge is 0.497 e. The zero-order valence-electron chi connectivity index (χ0n) is 19.2. The first-order valence-electron chi connectivity index (χ1n) is 10.7. The van der Waals surface area contributed by atoms with Crippen molar-refractivity contribution in [3.05, 3.63) is 65.2 Å². The van der Waals surface area contributed by atoms with E-state index in [9.17, 15) is 9.59 Å². The topological polar surface area (TPSA) is 58.6 Å². The van der Waals surface area contributed by atoms with Crippen LogP contribution in [0.2, 0.25) is 0 Å². The molecular weight excluding hydrogens is 408 g/mol. The number of benzene rings is 2. The number of amides is 2. The number of rotatable bonds is 11. The lowest BCUT2D eigenvalue weighted by Gasteiger charge is -2.31. The smallest absolute Gasteiger partial charge is 0.243 e. The van der Waals surface area contributed by atoms with Gasteiger partial charge in [-0.2, -0.15) is 0 Å². The van der Waals surface area contributed by atoms with Crippen LogP contribution < -0.4 is 10.1 Å². The molecule has 0 fully saturated rings. The highest BCUT2D eigenvalue weighted by Crippen LogP contribution is 2.20. The number of nitrogens with zero attached hydrogens (tertiary/aromatic N) is 1. The normalized spacial score (nSPS) is 11.8. The summed E-state index contributed by atoms with van der Waals surface area (Å²) in [5, 5.41) is 2.96. The molecule has 0 aromatic heterocycles. The second-order valence-corrected chi connectivity index (χ2v) is 8.93. The molecule has 0 saturated heterocycles. The van der Waals surface area contributed by atoms with Crippen LogP contribution in [0.1, 0.15) is 43.9 Å². The maximum absolute atomic E-state index is 13.2. The molecule has 0 aliphatic carbocycles. The summed E-state index contributed by atoms with van der Waals surface area (Å²) in [6.07, 6.45) is 0.552. The fourth-order valence-corrected chi connectivity index (χ4v) is 4.27. The van der Waals surface area contributed by atoms with Gasteiger partial charge in [-0.25, -0.2) is 0 Å². The van der Waals surface area contributed by atoms with E-state index in [4.69, 9.17) is 4.74 Å². The monoisotopic (exact) mass is 442 g/mol. The molecule has 0 radical (unpaired) electrons. The van der Waals surface area contributed by atoms with Crippen LogP contribution in [0.25, 0.3) is 0 Å². The molecule has 0 bridgehead atoms. The predicted octanol–water partition coefficient (Wildman–Crippen LogP) is 4.57. The molecule has 2 amide bonds. The van der Waals surface area contributed by atoms with Crippen molar-refractivity contribution in [3.63, 3.8) is 0 Å². The molecule has 0 aliphatic rings. The minimum Gasteiger partial charge on any atom is -0.497 e. The number of aryl methyl sites for hydroxylation is 1. The number of hydrogen-bond acceptors (Lipinski definition) is 4. The molecule has 1 N–H and O–H groups in total. The fourth-order valence-electron chi connectivity index (χ4n) is 3.41. The molecule has 2 aromatic carbocycles. The van der Waals surface area contributed by atoms with Gasteiger partial charge in [0.05, 0.1) is 12.9 Å². The van der Waals surface area contributed by atoms with Crippen LogP contribution >= 0.6 is 11.8 Å². The Balaban J connectivity index is 2.15. The van der Waals surface area contributed by atoms with E-state index in [1.165, 1.54) is 11.1 Å². The fraction of sp³-hybridized carbons (Fsp3) is 0.440. The first-order valence-corrected chi connectivity index (χ1v) is 11.9. The maximum Gasteiger partial charge on any atom is 0.243 e. The SMILES string of the molecule is CC[C@H](C(=O)NC(C)C)N(Cc1cccc(OC)c1)C(=O)CSCc1cccc(C)c1. The van der Waals surface area contributed by atoms with E-state index in [0.29, 0.717) is 18.7 Å². The molecule has 168 valence electrons. The van der Waals surface area contributed by atoms with Crippen molar-refractivity contribution >= 4 is 23.6 Å². The molecule has 2 aromatic rings. The summed E-state index contributed by atoms with van der Waals surface area (Å²) in [7, 11) is 1.62. The van der Waals surface area contributed by atoms with Gasteiger partial charge in [0.25, 0.3) is 0 Å². The lowest BCUT2D eigenvalue weighted by molar-refractivity contribution is -0.139. The lowest BCUT2D eigenvalue weighted by Crippen LogP contribution is -2.50. The van der Waals surface area contributed by atoms with Crippen LogP contribution in [-0.2, 0) is 21.9 Å². The second kappa shape index (κ2) is 12.4. The Hall–Kier alpha value is -2.47. The van der Waals surface area contributed by atoms with Gasteiger partial charge in [0.15, 0.2) is 0 Å². The summed E-state index contributed by atoms with van der Waals surface area (Å²) in [5.74, 6) is 1.67. The van der Waals surface area contributed by atoms with Gasteiger partial charge in [-0.3, -0.25) is 9.59 Å². The summed E-state index contributed by atoms with van der Waals surface area (Å²) < 4.78 is 5.32. The quantitative estimate of drug-likeness (QED) is 0.554. The molecule has 0 aliphatic heterocycles. The zero-order valence-corrected chi connectivity index (χ0v) is 20.0. The highest BCUT2D eigenvalue weighted by molar-refractivity contribution is 7.99. The van der Waals surface area contributed by atoms with Gasteiger partial charge in [-0.15, -0.1) is 11.8 Å². The second-order valence-electron chi connectivity index (χ2n) is 7.94. The first kappa shape index (κ1) is 24.8. The van der Waals surface area contributed by atoms with E-state index in [2.05, 4.69) is 30.4 Å². The van der Waals surface area contributed by atoms with Crippen molar-refractivity contribution in [3.8, 4) is 5.75 Å². The molecule has 5 nitrogen and oxygen atoms in total. The van der Waals surface area contributed by atoms with Crippen LogP contribution in [0.15, 0.2) is 48.5 Å². The molecular formula is C25H34N2O3S. The van der Waals surface area contributed by atoms with Gasteiger partial charge in [-0.05, 0) is 50.5 Å². The Labute approximate surface area is 190 Å². The molecule has 0 unspecified atom stereocenters. The van der Waals surface area contributed by atoms with Gasteiger partial charge < -0.3 is 15.0 Å². The standard InChI is InChI=1S/C25H34N2O3S/c1-6-23(25(29)26-18(2)3)27(15-20-10-8-12-22(14-20)30-5)24(28)17-31-16-21-11-7-9-19(4)13-21/h7-14,18,23H,6,15-17H2,1-5H3,(H,26,29)/t23-/m1/s1. The molecule has 1 atom stereocenters. The third-order valence-corrected chi connectivity index (χ3v) is 5.87. The number of carbonyl (C=O) groups is 2. The molecule has 0 saturated carbocycles. The van der Waals surface area contributed by atoms with Gasteiger partial charge >= 0.3 is 0 Å². The molecule has 31 heavy (non-hydrogen) atoms. The Morgan fingerprint density at radius 1 is 1.10 bits per heavy atom. The molecule has 6 heteroatoms. The van der Waals surface area contributed by atoms with Crippen LogP contribution in [0.4, 0.5) is 0 Å². The van der Waals surface area contributed by atoms with Gasteiger partial charge in [0.2, 0.25) is 11.8 Å². The highest BCUT2D eigenvalue weighted by atomic mass is 32.2. The van der Waals surface area contributed by atoms with Gasteiger partial charge in [-0.1, -0.05) is 48.9 Å². The van der Waals surface area contributed by atoms with Crippen molar-refractivity contribution in [2.75, 3.05) is 12.9 Å². The Morgan fingerprint density at radius 2 is 1.81 bits per heavy atom. The predicted molar refractivity (Wildman–Crippen MR) is 128 cm³/mol. The van der Waals surface area contributed by atoms with E-state index in [1.807, 2.05) is 51.1 Å². The van der Waals surface area contributed by atoms with E-state index in [0.717, 1.165) is 17.1 Å². The van der Waals surface area contributed by atoms with Crippen LogP contribution in [-0.4, -0.2) is 41.7 Å². The average Bonchev–Trinajstić information content (AvgIpc) is 2.73. The Bertz CT molecular complexity index is 869. The highest BCUT2D eigenvalue weighted by Gasteiger charge is 2.28. The van der Waals surface area contributed by atoms with Crippen LogP contribution in [0.3, 0.4) is 0 Å². The van der Waals surface area contributed by atoms with Gasteiger partial charge in [0.1, 0.15) is 11.8 Å². The molecule has 0 heterocycles. The number of ether oxygens (including phenoxy) is 1. The maximum atomic E-state index is 13.2. The molecule has 0 spiro atoms. The summed E-state index contributed by atoms with van der Waals surface area (Å²) in [6.45, 7) is 8.23. The zero-order chi connectivity index (χ0) is 22.8. The van der Waals surface area contributed by atoms with E-state index in [-0.39, 0.29) is 17.9 Å². The number of carbonyl (C=O) groups excluding carboxylic acids is 2. The average molecular weight is 443 g/mol. The minimum absolute atomic E-state index is 0.0195. The van der Waals surface area contributed by atoms with Gasteiger partial charge in [0, 0.05) is 18.3 Å². The van der Waals surface area contributed by atoms with Crippen molar-refractivity contribution in [2.24, 2.45) is 0 Å². The summed E-state index contributed by atoms with van der Waals surface area (Å²) >= 11 is 1.58. The number of hydrogen-bond donors (Lipinski definition) is 1. The number of methoxy groups -OCH3 is 1. The summed E-state index contributed by atoms with van der Waals surface area (Å²) in [4.78, 5) is 27.8. The van der Waals surface area contributed by atoms with Crippen molar-refractivity contribution in [1.82, 2.24) is 10.2 Å². The lowest BCUT2D eigenvalue weighted by atomic mass is 10.1. The number of nitrogens with one attached hydrogen (secondary N) is 1. The first-order chi connectivity index (χ1) is 14.8. The third-order valence-electron chi connectivity index (χ3n) is 4.88. The van der Waals surface area contributed by atoms with E-state index < -0.39 is 6.04 Å². The minimum atomic E-state index is -0.513. The van der Waals surface area contributed by atoms with Crippen molar-refractivity contribution in [2.45, 2.75) is 58.5 Å². The Kier molecular flexibility index (Phi) is 9.92. The third kappa shape index (κ3) is 7.94. The van der Waals surface area contributed by atoms with E-state index in [1.54, 1.807) is 23.8 Å². The molecule has 2 rings (SSSR count). The Morgan fingerprint density at radius 3 is 2.45 bits per heavy atom. The number of thioether (sulfide) groups is 1.